The summed E-state index contributed by atoms with van der Waals surface area (Å²) in [7, 11) is 0. The van der Waals surface area contributed by atoms with E-state index in [2.05, 4.69) is 26.1 Å². The second-order valence-corrected chi connectivity index (χ2v) is 7.29. The van der Waals surface area contributed by atoms with Crippen LogP contribution in [0.4, 0.5) is 0 Å². The first-order valence-corrected chi connectivity index (χ1v) is 8.07. The van der Waals surface area contributed by atoms with Gasteiger partial charge >= 0.3 is 0 Å². The van der Waals surface area contributed by atoms with Crippen LogP contribution in [0.2, 0.25) is 0 Å². The highest BCUT2D eigenvalue weighted by atomic mass is 16.3. The second kappa shape index (κ2) is 7.17. The minimum Gasteiger partial charge on any atom is -0.459 e. The fourth-order valence-electron chi connectivity index (χ4n) is 3.02. The molecule has 1 aliphatic rings. The maximum absolute atomic E-state index is 12.5. The van der Waals surface area contributed by atoms with Gasteiger partial charge in [-0.2, -0.15) is 0 Å². The molecule has 0 aromatic carbocycles. The van der Waals surface area contributed by atoms with Gasteiger partial charge in [-0.15, -0.1) is 0 Å². The van der Waals surface area contributed by atoms with Crippen molar-refractivity contribution in [2.75, 3.05) is 13.2 Å². The molecule has 0 bridgehead atoms. The molecule has 128 valence electrons. The quantitative estimate of drug-likeness (QED) is 0.866. The molecular formula is C17H26N2O4. The van der Waals surface area contributed by atoms with Crippen molar-refractivity contribution in [3.8, 4) is 0 Å². The lowest BCUT2D eigenvalue weighted by Gasteiger charge is -2.28. The lowest BCUT2D eigenvalue weighted by atomic mass is 9.88. The van der Waals surface area contributed by atoms with Crippen molar-refractivity contribution in [3.63, 3.8) is 0 Å². The Bertz CT molecular complexity index is 533. The summed E-state index contributed by atoms with van der Waals surface area (Å²) in [4.78, 5) is 26.5. The van der Waals surface area contributed by atoms with Gasteiger partial charge in [-0.1, -0.05) is 20.8 Å². The molecule has 0 aliphatic carbocycles. The summed E-state index contributed by atoms with van der Waals surface area (Å²) in [6.45, 7) is 6.61. The molecule has 2 amide bonds. The highest BCUT2D eigenvalue weighted by molar-refractivity contribution is 5.96. The van der Waals surface area contributed by atoms with E-state index >= 15 is 0 Å². The van der Waals surface area contributed by atoms with E-state index in [9.17, 15) is 14.7 Å². The lowest BCUT2D eigenvalue weighted by Crippen LogP contribution is -2.50. The molecule has 0 radical (unpaired) electrons. The van der Waals surface area contributed by atoms with Crippen molar-refractivity contribution in [1.82, 2.24) is 10.2 Å². The first-order valence-electron chi connectivity index (χ1n) is 8.07. The van der Waals surface area contributed by atoms with E-state index in [0.29, 0.717) is 19.4 Å². The molecule has 2 heterocycles. The predicted octanol–water partition coefficient (Wildman–Crippen LogP) is 1.80. The third kappa shape index (κ3) is 4.58. The molecule has 1 fully saturated rings. The zero-order valence-corrected chi connectivity index (χ0v) is 14.0. The van der Waals surface area contributed by atoms with Gasteiger partial charge in [-0.25, -0.2) is 0 Å². The number of amides is 2. The third-order valence-corrected chi connectivity index (χ3v) is 3.97. The number of rotatable bonds is 5. The number of nitrogens with one attached hydrogen (secondary N) is 1. The van der Waals surface area contributed by atoms with Gasteiger partial charge in [-0.05, 0) is 36.8 Å². The van der Waals surface area contributed by atoms with Crippen molar-refractivity contribution in [2.24, 2.45) is 5.41 Å². The molecular weight excluding hydrogens is 296 g/mol. The second-order valence-electron chi connectivity index (χ2n) is 7.29. The fourth-order valence-corrected chi connectivity index (χ4v) is 3.02. The van der Waals surface area contributed by atoms with Gasteiger partial charge in [0.1, 0.15) is 6.04 Å². The molecule has 1 saturated heterocycles. The number of nitrogens with zero attached hydrogens (tertiary/aromatic N) is 1. The zero-order chi connectivity index (χ0) is 17.0. The Kier molecular flexibility index (Phi) is 5.46. The number of likely N-dealkylation sites (tertiary alicyclic amines) is 1. The molecule has 6 nitrogen and oxygen atoms in total. The van der Waals surface area contributed by atoms with Crippen LogP contribution in [0, 0.1) is 5.41 Å². The molecule has 1 aromatic rings. The summed E-state index contributed by atoms with van der Waals surface area (Å²) in [5.74, 6) is -0.215. The van der Waals surface area contributed by atoms with E-state index in [0.717, 1.165) is 6.42 Å². The molecule has 2 N–H and O–H groups in total. The Morgan fingerprint density at radius 3 is 2.78 bits per heavy atom. The molecule has 23 heavy (non-hydrogen) atoms. The van der Waals surface area contributed by atoms with E-state index in [4.69, 9.17) is 4.42 Å². The lowest BCUT2D eigenvalue weighted by molar-refractivity contribution is -0.126. The van der Waals surface area contributed by atoms with Crippen LogP contribution in [0.3, 0.4) is 0 Å². The van der Waals surface area contributed by atoms with E-state index in [1.54, 1.807) is 17.0 Å². The van der Waals surface area contributed by atoms with Crippen LogP contribution >= 0.6 is 0 Å². The molecule has 2 rings (SSSR count). The van der Waals surface area contributed by atoms with Crippen LogP contribution in [0.5, 0.6) is 0 Å². The van der Waals surface area contributed by atoms with Gasteiger partial charge in [0.05, 0.1) is 18.9 Å². The van der Waals surface area contributed by atoms with Gasteiger partial charge in [0.15, 0.2) is 5.76 Å². The number of aliphatic hydroxyl groups excluding tert-OH is 1. The molecule has 1 aromatic heterocycles. The van der Waals surface area contributed by atoms with Gasteiger partial charge in [0.2, 0.25) is 5.91 Å². The maximum Gasteiger partial charge on any atom is 0.290 e. The standard InChI is InChI=1S/C17H26N2O4/c1-17(2,3)10-12(11-20)18-15(21)13-6-4-8-19(13)16(22)14-7-5-9-23-14/h5,7,9,12-13,20H,4,6,8,10-11H2,1-3H3,(H,18,21). The summed E-state index contributed by atoms with van der Waals surface area (Å²) in [6, 6.07) is 2.46. The van der Waals surface area contributed by atoms with Crippen LogP contribution in [0.25, 0.3) is 0 Å². The smallest absolute Gasteiger partial charge is 0.290 e. The van der Waals surface area contributed by atoms with Gasteiger partial charge in [0, 0.05) is 6.54 Å². The number of hydrogen-bond donors (Lipinski definition) is 2. The minimum absolute atomic E-state index is 0.0000276. The van der Waals surface area contributed by atoms with Gasteiger partial charge in [0.25, 0.3) is 5.91 Å². The normalized spacial score (nSPS) is 19.7. The van der Waals surface area contributed by atoms with Crippen molar-refractivity contribution in [1.29, 1.82) is 0 Å². The van der Waals surface area contributed by atoms with Crippen molar-refractivity contribution >= 4 is 11.8 Å². The molecule has 2 unspecified atom stereocenters. The highest BCUT2D eigenvalue weighted by Crippen LogP contribution is 2.23. The van der Waals surface area contributed by atoms with Gasteiger partial charge in [-0.3, -0.25) is 9.59 Å². The number of carbonyl (C=O) groups excluding carboxylic acids is 2. The number of aliphatic hydroxyl groups is 1. The highest BCUT2D eigenvalue weighted by Gasteiger charge is 2.36. The van der Waals surface area contributed by atoms with Crippen LogP contribution in [-0.2, 0) is 4.79 Å². The zero-order valence-electron chi connectivity index (χ0n) is 14.0. The average Bonchev–Trinajstić information content (AvgIpc) is 3.15. The Balaban J connectivity index is 2.01. The van der Waals surface area contributed by atoms with Crippen LogP contribution in [0.1, 0.15) is 50.6 Å². The third-order valence-electron chi connectivity index (χ3n) is 3.97. The van der Waals surface area contributed by atoms with E-state index in [1.165, 1.54) is 6.26 Å². The summed E-state index contributed by atoms with van der Waals surface area (Å²) >= 11 is 0. The number of carbonyl (C=O) groups is 2. The van der Waals surface area contributed by atoms with Crippen LogP contribution in [0.15, 0.2) is 22.8 Å². The molecule has 6 heteroatoms. The fraction of sp³-hybridized carbons (Fsp3) is 0.647. The topological polar surface area (TPSA) is 82.8 Å². The SMILES string of the molecule is CC(C)(C)CC(CO)NC(=O)C1CCCN1C(=O)c1ccco1. The first-order chi connectivity index (χ1) is 10.8. The summed E-state index contributed by atoms with van der Waals surface area (Å²) in [5.41, 5.74) is 0.0000276. The van der Waals surface area contributed by atoms with Crippen LogP contribution in [-0.4, -0.2) is 47.1 Å². The minimum atomic E-state index is -0.499. The molecule has 0 saturated carbocycles. The van der Waals surface area contributed by atoms with Crippen molar-refractivity contribution in [3.05, 3.63) is 24.2 Å². The summed E-state index contributed by atoms with van der Waals surface area (Å²) < 4.78 is 5.14. The summed E-state index contributed by atoms with van der Waals surface area (Å²) in [5, 5.41) is 12.4. The molecule has 0 spiro atoms. The molecule has 1 aliphatic heterocycles. The first kappa shape index (κ1) is 17.5. The Morgan fingerprint density at radius 1 is 1.48 bits per heavy atom. The Hall–Kier alpha value is -1.82. The van der Waals surface area contributed by atoms with E-state index in [-0.39, 0.29) is 35.6 Å². The number of furan rings is 1. The Labute approximate surface area is 136 Å². The van der Waals surface area contributed by atoms with E-state index in [1.807, 2.05) is 0 Å². The largest absolute Gasteiger partial charge is 0.459 e. The van der Waals surface area contributed by atoms with Crippen molar-refractivity contribution < 1.29 is 19.1 Å². The summed E-state index contributed by atoms with van der Waals surface area (Å²) in [6.07, 6.45) is 3.54. The number of hydrogen-bond acceptors (Lipinski definition) is 4. The maximum atomic E-state index is 12.5. The monoisotopic (exact) mass is 322 g/mol. The van der Waals surface area contributed by atoms with Gasteiger partial charge < -0.3 is 19.7 Å². The Morgan fingerprint density at radius 2 is 2.22 bits per heavy atom. The van der Waals surface area contributed by atoms with Crippen molar-refractivity contribution in [2.45, 2.75) is 52.1 Å². The molecule has 2 atom stereocenters. The van der Waals surface area contributed by atoms with Crippen LogP contribution < -0.4 is 5.32 Å². The predicted molar refractivity (Wildman–Crippen MR) is 85.9 cm³/mol. The van der Waals surface area contributed by atoms with E-state index < -0.39 is 6.04 Å². The average molecular weight is 322 g/mol.